The summed E-state index contributed by atoms with van der Waals surface area (Å²) in [6.45, 7) is 5.22. The van der Waals surface area contributed by atoms with E-state index >= 15 is 0 Å². The lowest BCUT2D eigenvalue weighted by atomic mass is 9.89. The number of nitrogens with one attached hydrogen (secondary N) is 1. The second-order valence-corrected chi connectivity index (χ2v) is 10.5. The molecule has 0 saturated carbocycles. The Morgan fingerprint density at radius 2 is 1.53 bits per heavy atom. The normalized spacial score (nSPS) is 24.8. The molecule has 8 heteroatoms. The molecular formula is C30H40N2O6. The minimum absolute atomic E-state index is 0.00384. The summed E-state index contributed by atoms with van der Waals surface area (Å²) in [7, 11) is 0. The highest BCUT2D eigenvalue weighted by atomic mass is 16.7. The molecule has 0 unspecified atom stereocenters. The Morgan fingerprint density at radius 3 is 2.16 bits per heavy atom. The van der Waals surface area contributed by atoms with Gasteiger partial charge in [0.25, 0.3) is 0 Å². The van der Waals surface area contributed by atoms with E-state index in [1.165, 1.54) is 32.1 Å². The van der Waals surface area contributed by atoms with Crippen LogP contribution in [0.4, 0.5) is 5.69 Å². The van der Waals surface area contributed by atoms with Crippen molar-refractivity contribution in [3.8, 4) is 0 Å². The monoisotopic (exact) mass is 524 g/mol. The molecule has 0 aromatic heterocycles. The Morgan fingerprint density at radius 1 is 0.895 bits per heavy atom. The number of amides is 1. The van der Waals surface area contributed by atoms with E-state index in [-0.39, 0.29) is 43.5 Å². The first-order valence-corrected chi connectivity index (χ1v) is 13.8. The van der Waals surface area contributed by atoms with Crippen LogP contribution in [0.2, 0.25) is 0 Å². The van der Waals surface area contributed by atoms with Crippen LogP contribution in [-0.2, 0) is 25.7 Å². The number of anilines is 1. The van der Waals surface area contributed by atoms with Gasteiger partial charge >= 0.3 is 5.97 Å². The fourth-order valence-electron chi connectivity index (χ4n) is 5.25. The van der Waals surface area contributed by atoms with Gasteiger partial charge in [0.15, 0.2) is 6.29 Å². The van der Waals surface area contributed by atoms with Gasteiger partial charge in [0.05, 0.1) is 25.2 Å². The summed E-state index contributed by atoms with van der Waals surface area (Å²) in [5.41, 5.74) is 3.38. The van der Waals surface area contributed by atoms with Crippen LogP contribution in [0.3, 0.4) is 0 Å². The van der Waals surface area contributed by atoms with Gasteiger partial charge in [-0.15, -0.1) is 0 Å². The van der Waals surface area contributed by atoms with E-state index in [0.29, 0.717) is 5.69 Å². The Hall–Kier alpha value is -2.78. The van der Waals surface area contributed by atoms with Crippen LogP contribution in [0.25, 0.3) is 0 Å². The molecule has 2 fully saturated rings. The van der Waals surface area contributed by atoms with Crippen LogP contribution in [0, 0.1) is 5.92 Å². The van der Waals surface area contributed by atoms with Crippen molar-refractivity contribution in [2.45, 2.75) is 77.0 Å². The second kappa shape index (κ2) is 13.8. The number of ether oxygens (including phenoxy) is 2. The molecule has 2 aliphatic rings. The Kier molecular flexibility index (Phi) is 10.3. The lowest BCUT2D eigenvalue weighted by Gasteiger charge is -2.43. The van der Waals surface area contributed by atoms with Crippen molar-refractivity contribution in [3.63, 3.8) is 0 Å². The number of carboxylic acids is 1. The van der Waals surface area contributed by atoms with E-state index < -0.39 is 12.3 Å². The molecule has 2 aromatic rings. The smallest absolute Gasteiger partial charge is 0.303 e. The maximum absolute atomic E-state index is 12.0. The van der Waals surface area contributed by atoms with Crippen LogP contribution in [-0.4, -0.2) is 52.7 Å². The molecule has 38 heavy (non-hydrogen) atoms. The van der Waals surface area contributed by atoms with Gasteiger partial charge in [0.1, 0.15) is 0 Å². The fourth-order valence-corrected chi connectivity index (χ4v) is 5.25. The topological polar surface area (TPSA) is 108 Å². The molecular weight excluding hydrogens is 484 g/mol. The number of likely N-dealkylation sites (tertiary alicyclic amines) is 1. The van der Waals surface area contributed by atoms with Gasteiger partial charge in [-0.05, 0) is 49.2 Å². The largest absolute Gasteiger partial charge is 0.481 e. The number of hydrogen-bond donors (Lipinski definition) is 3. The van der Waals surface area contributed by atoms with E-state index in [0.717, 1.165) is 36.3 Å². The van der Waals surface area contributed by atoms with E-state index in [2.05, 4.69) is 17.1 Å². The van der Waals surface area contributed by atoms with Crippen LogP contribution < -0.4 is 5.32 Å². The van der Waals surface area contributed by atoms with Crippen molar-refractivity contribution < 1.29 is 29.3 Å². The molecule has 1 amide bonds. The minimum Gasteiger partial charge on any atom is -0.481 e. The van der Waals surface area contributed by atoms with E-state index in [4.69, 9.17) is 14.6 Å². The lowest BCUT2D eigenvalue weighted by Crippen LogP contribution is -2.45. The predicted molar refractivity (Wildman–Crippen MR) is 144 cm³/mol. The average Bonchev–Trinajstić information content (AvgIpc) is 2.90. The molecule has 3 N–H and O–H groups in total. The first-order valence-electron chi connectivity index (χ1n) is 13.8. The zero-order chi connectivity index (χ0) is 26.9. The van der Waals surface area contributed by atoms with Gasteiger partial charge in [-0.25, -0.2) is 0 Å². The minimum atomic E-state index is -0.998. The molecule has 4 rings (SSSR count). The summed E-state index contributed by atoms with van der Waals surface area (Å²) in [5, 5.41) is 21.0. The van der Waals surface area contributed by atoms with E-state index in [1.807, 2.05) is 36.4 Å². The fraction of sp³-hybridized carbons (Fsp3) is 0.533. The predicted octanol–water partition coefficient (Wildman–Crippen LogP) is 5.04. The molecule has 0 aliphatic carbocycles. The Bertz CT molecular complexity index is 1030. The molecule has 8 nitrogen and oxygen atoms in total. The average molecular weight is 525 g/mol. The lowest BCUT2D eigenvalue weighted by molar-refractivity contribution is -0.276. The molecule has 0 bridgehead atoms. The third-order valence-corrected chi connectivity index (χ3v) is 7.54. The highest BCUT2D eigenvalue weighted by Crippen LogP contribution is 2.42. The molecule has 4 atom stereocenters. The van der Waals surface area contributed by atoms with E-state index in [9.17, 15) is 14.7 Å². The summed E-state index contributed by atoms with van der Waals surface area (Å²) < 4.78 is 13.1. The first-order chi connectivity index (χ1) is 18.4. The maximum Gasteiger partial charge on any atom is 0.303 e. The molecule has 2 saturated heterocycles. The van der Waals surface area contributed by atoms with Crippen molar-refractivity contribution in [1.82, 2.24) is 4.90 Å². The quantitative estimate of drug-likeness (QED) is 0.422. The molecule has 2 heterocycles. The molecule has 0 spiro atoms. The van der Waals surface area contributed by atoms with Crippen LogP contribution in [0.1, 0.15) is 81.0 Å². The number of benzene rings is 2. The van der Waals surface area contributed by atoms with Gasteiger partial charge in [-0.1, -0.05) is 62.6 Å². The maximum atomic E-state index is 12.0. The molecule has 2 aliphatic heterocycles. The van der Waals surface area contributed by atoms with Crippen molar-refractivity contribution in [3.05, 3.63) is 65.2 Å². The zero-order valence-corrected chi connectivity index (χ0v) is 22.2. The van der Waals surface area contributed by atoms with Crippen molar-refractivity contribution >= 4 is 17.6 Å². The molecule has 2 aromatic carbocycles. The van der Waals surface area contributed by atoms with Gasteiger partial charge in [0, 0.05) is 30.1 Å². The van der Waals surface area contributed by atoms with Crippen molar-refractivity contribution in [2.24, 2.45) is 5.92 Å². The number of aliphatic hydroxyl groups excluding tert-OH is 1. The summed E-state index contributed by atoms with van der Waals surface area (Å²) in [5.74, 6) is -1.20. The van der Waals surface area contributed by atoms with Gasteiger partial charge in [-0.2, -0.15) is 0 Å². The van der Waals surface area contributed by atoms with Gasteiger partial charge in [-0.3, -0.25) is 9.59 Å². The number of aliphatic hydroxyl groups is 1. The third-order valence-electron chi connectivity index (χ3n) is 7.54. The van der Waals surface area contributed by atoms with Crippen LogP contribution >= 0.6 is 0 Å². The van der Waals surface area contributed by atoms with Crippen molar-refractivity contribution in [1.29, 1.82) is 0 Å². The number of aliphatic carboxylic acids is 1. The van der Waals surface area contributed by atoms with Crippen LogP contribution in [0.15, 0.2) is 48.5 Å². The van der Waals surface area contributed by atoms with Gasteiger partial charge in [0.2, 0.25) is 5.91 Å². The number of hydrogen-bond acceptors (Lipinski definition) is 6. The highest BCUT2D eigenvalue weighted by Gasteiger charge is 2.39. The first kappa shape index (κ1) is 28.2. The summed E-state index contributed by atoms with van der Waals surface area (Å²) >= 11 is 0. The number of carboxylic acid groups (broad SMARTS) is 1. The van der Waals surface area contributed by atoms with E-state index in [1.54, 1.807) is 12.1 Å². The Labute approximate surface area is 224 Å². The number of carbonyl (C=O) groups excluding carboxylic acids is 1. The summed E-state index contributed by atoms with van der Waals surface area (Å²) in [4.78, 5) is 25.3. The summed E-state index contributed by atoms with van der Waals surface area (Å²) in [6.07, 6.45) is 5.28. The zero-order valence-electron chi connectivity index (χ0n) is 22.2. The SMILES string of the molecule is C[C@@H]1[C@H](CN2CCCCCCC2)O[C@H](c2ccc(NC(=O)CCC(=O)O)cc2)O[C@@H]1c1ccc(CO)cc1. The number of nitrogens with zero attached hydrogens (tertiary/aromatic N) is 1. The Balaban J connectivity index is 1.50. The molecule has 0 radical (unpaired) electrons. The summed E-state index contributed by atoms with van der Waals surface area (Å²) in [6, 6.07) is 15.3. The standard InChI is InChI=1S/C30H40N2O6/c1-21-26(19-32-17-5-3-2-4-6-18-32)37-30(38-29(21)23-9-7-22(20-33)8-10-23)24-11-13-25(14-12-24)31-27(34)15-16-28(35)36/h7-14,21,26,29-30,33H,2-6,15-20H2,1H3,(H,31,34)(H,35,36)/t21-,26+,29+,30+/m1/s1. The number of rotatable bonds is 9. The van der Waals surface area contributed by atoms with Gasteiger partial charge < -0.3 is 29.9 Å². The second-order valence-electron chi connectivity index (χ2n) is 10.5. The molecule has 206 valence electrons. The highest BCUT2D eigenvalue weighted by molar-refractivity contribution is 5.92. The van der Waals surface area contributed by atoms with Crippen molar-refractivity contribution in [2.75, 3.05) is 25.0 Å². The third kappa shape index (κ3) is 7.86. The number of carbonyl (C=O) groups is 2. The van der Waals surface area contributed by atoms with Crippen LogP contribution in [0.5, 0.6) is 0 Å².